The number of hydrogen-bond acceptors (Lipinski definition) is 2. The number of rotatable bonds is 3. The second-order valence-electron chi connectivity index (χ2n) is 4.21. The average Bonchev–Trinajstić information content (AvgIpc) is 2.76. The number of aryl methyl sites for hydroxylation is 1. The third-order valence-corrected chi connectivity index (χ3v) is 2.98. The van der Waals surface area contributed by atoms with Gasteiger partial charge in [-0.15, -0.1) is 0 Å². The first kappa shape index (κ1) is 11.0. The molecule has 1 aliphatic heterocycles. The number of benzene rings is 1. The summed E-state index contributed by atoms with van der Waals surface area (Å²) < 4.78 is 5.59. The van der Waals surface area contributed by atoms with Crippen LogP contribution in [0.15, 0.2) is 29.4 Å². The number of azide groups is 1. The van der Waals surface area contributed by atoms with Crippen molar-refractivity contribution in [2.45, 2.75) is 25.4 Å². The van der Waals surface area contributed by atoms with E-state index >= 15 is 0 Å². The van der Waals surface area contributed by atoms with E-state index in [1.807, 2.05) is 0 Å². The van der Waals surface area contributed by atoms with Gasteiger partial charge < -0.3 is 4.74 Å². The summed E-state index contributed by atoms with van der Waals surface area (Å²) in [6, 6.07) is 8.55. The van der Waals surface area contributed by atoms with E-state index in [0.29, 0.717) is 12.5 Å². The van der Waals surface area contributed by atoms with E-state index in [2.05, 4.69) is 41.2 Å². The molecule has 0 radical (unpaired) electrons. The molecule has 1 heterocycles. The lowest BCUT2D eigenvalue weighted by Gasteiger charge is -2.08. The van der Waals surface area contributed by atoms with Crippen molar-refractivity contribution in [1.82, 2.24) is 0 Å². The lowest BCUT2D eigenvalue weighted by molar-refractivity contribution is 0.116. The zero-order chi connectivity index (χ0) is 11.4. The Kier molecular flexibility index (Phi) is 3.44. The maximum absolute atomic E-state index is 8.24. The van der Waals surface area contributed by atoms with Gasteiger partial charge in [-0.05, 0) is 24.4 Å². The molecule has 1 fully saturated rings. The van der Waals surface area contributed by atoms with Gasteiger partial charge in [0.2, 0.25) is 0 Å². The van der Waals surface area contributed by atoms with Crippen molar-refractivity contribution in [2.24, 2.45) is 5.11 Å². The molecule has 1 aromatic carbocycles. The molecule has 2 atom stereocenters. The summed E-state index contributed by atoms with van der Waals surface area (Å²) in [5, 5.41) is 3.55. The van der Waals surface area contributed by atoms with E-state index in [4.69, 9.17) is 10.3 Å². The first-order chi connectivity index (χ1) is 7.79. The molecular formula is C12H15N3O. The minimum atomic E-state index is 0.0854. The molecule has 0 aliphatic carbocycles. The highest BCUT2D eigenvalue weighted by Gasteiger charge is 2.25. The van der Waals surface area contributed by atoms with Gasteiger partial charge in [0.25, 0.3) is 0 Å². The highest BCUT2D eigenvalue weighted by Crippen LogP contribution is 2.29. The smallest absolute Gasteiger partial charge is 0.0638 e. The fraction of sp³-hybridized carbons (Fsp3) is 0.500. The van der Waals surface area contributed by atoms with Crippen LogP contribution < -0.4 is 0 Å². The maximum Gasteiger partial charge on any atom is 0.0638 e. The number of hydrogen-bond donors (Lipinski definition) is 0. The van der Waals surface area contributed by atoms with Crippen LogP contribution in [-0.4, -0.2) is 19.3 Å². The Bertz CT molecular complexity index is 395. The molecule has 2 rings (SSSR count). The van der Waals surface area contributed by atoms with Gasteiger partial charge in [0.15, 0.2) is 0 Å². The molecule has 0 saturated carbocycles. The van der Waals surface area contributed by atoms with E-state index in [-0.39, 0.29) is 6.10 Å². The predicted octanol–water partition coefficient (Wildman–Crippen LogP) is 3.18. The molecule has 0 aromatic heterocycles. The van der Waals surface area contributed by atoms with Crippen LogP contribution in [0.4, 0.5) is 0 Å². The first-order valence-electron chi connectivity index (χ1n) is 5.48. The van der Waals surface area contributed by atoms with Gasteiger partial charge in [-0.25, -0.2) is 0 Å². The van der Waals surface area contributed by atoms with Crippen LogP contribution in [-0.2, 0) is 4.74 Å². The van der Waals surface area contributed by atoms with Crippen LogP contribution in [0.3, 0.4) is 0 Å². The molecule has 16 heavy (non-hydrogen) atoms. The largest absolute Gasteiger partial charge is 0.377 e. The zero-order valence-corrected chi connectivity index (χ0v) is 9.34. The monoisotopic (exact) mass is 217 g/mol. The van der Waals surface area contributed by atoms with Crippen LogP contribution in [0.5, 0.6) is 0 Å². The minimum Gasteiger partial charge on any atom is -0.377 e. The van der Waals surface area contributed by atoms with Crippen LogP contribution in [0.25, 0.3) is 10.4 Å². The Hall–Kier alpha value is -1.51. The molecule has 0 spiro atoms. The molecule has 0 amide bonds. The number of nitrogens with zero attached hydrogens (tertiary/aromatic N) is 3. The highest BCUT2D eigenvalue weighted by molar-refractivity contribution is 5.25. The van der Waals surface area contributed by atoms with Crippen LogP contribution in [0.1, 0.15) is 23.5 Å². The molecule has 0 unspecified atom stereocenters. The van der Waals surface area contributed by atoms with Gasteiger partial charge >= 0.3 is 0 Å². The average molecular weight is 217 g/mol. The fourth-order valence-corrected chi connectivity index (χ4v) is 2.03. The molecule has 1 aliphatic rings. The van der Waals surface area contributed by atoms with E-state index in [1.54, 1.807) is 0 Å². The molecule has 1 saturated heterocycles. The van der Waals surface area contributed by atoms with E-state index in [0.717, 1.165) is 13.0 Å². The van der Waals surface area contributed by atoms with Crippen LogP contribution in [0.2, 0.25) is 0 Å². The van der Waals surface area contributed by atoms with Gasteiger partial charge in [0.05, 0.1) is 19.3 Å². The quantitative estimate of drug-likeness (QED) is 0.435. The van der Waals surface area contributed by atoms with Gasteiger partial charge in [0.1, 0.15) is 0 Å². The van der Waals surface area contributed by atoms with Gasteiger partial charge in [0, 0.05) is 10.8 Å². The topological polar surface area (TPSA) is 58.0 Å². The van der Waals surface area contributed by atoms with Crippen molar-refractivity contribution in [3.63, 3.8) is 0 Å². The maximum atomic E-state index is 8.24. The molecular weight excluding hydrogens is 202 g/mol. The van der Waals surface area contributed by atoms with Crippen molar-refractivity contribution < 1.29 is 4.74 Å². The van der Waals surface area contributed by atoms with Crippen LogP contribution >= 0.6 is 0 Å². The molecule has 0 bridgehead atoms. The Morgan fingerprint density at radius 3 is 2.88 bits per heavy atom. The SMILES string of the molecule is Cc1ccc([C@@H]2CO[C@H](CN=[N+]=[N-])C2)cc1. The summed E-state index contributed by atoms with van der Waals surface area (Å²) in [4.78, 5) is 2.75. The Labute approximate surface area is 94.9 Å². The molecule has 84 valence electrons. The van der Waals surface area contributed by atoms with E-state index < -0.39 is 0 Å². The third-order valence-electron chi connectivity index (χ3n) is 2.98. The van der Waals surface area contributed by atoms with Gasteiger partial charge in [-0.3, -0.25) is 0 Å². The van der Waals surface area contributed by atoms with Crippen molar-refractivity contribution in [3.05, 3.63) is 45.8 Å². The molecule has 4 nitrogen and oxygen atoms in total. The van der Waals surface area contributed by atoms with Gasteiger partial charge in [-0.2, -0.15) is 0 Å². The summed E-state index contributed by atoms with van der Waals surface area (Å²) >= 11 is 0. The lowest BCUT2D eigenvalue weighted by Crippen LogP contribution is -2.08. The summed E-state index contributed by atoms with van der Waals surface area (Å²) in [6.45, 7) is 3.26. The summed E-state index contributed by atoms with van der Waals surface area (Å²) in [5.41, 5.74) is 10.8. The summed E-state index contributed by atoms with van der Waals surface area (Å²) in [7, 11) is 0. The Balaban J connectivity index is 1.97. The third kappa shape index (κ3) is 2.54. The van der Waals surface area contributed by atoms with Crippen molar-refractivity contribution in [3.8, 4) is 0 Å². The molecule has 0 N–H and O–H groups in total. The Morgan fingerprint density at radius 2 is 2.19 bits per heavy atom. The normalized spacial score (nSPS) is 24.1. The van der Waals surface area contributed by atoms with E-state index in [9.17, 15) is 0 Å². The Morgan fingerprint density at radius 1 is 1.44 bits per heavy atom. The second kappa shape index (κ2) is 5.01. The fourth-order valence-electron chi connectivity index (χ4n) is 2.03. The molecule has 4 heteroatoms. The van der Waals surface area contributed by atoms with Crippen LogP contribution in [0, 0.1) is 6.92 Å². The molecule has 1 aromatic rings. The highest BCUT2D eigenvalue weighted by atomic mass is 16.5. The number of ether oxygens (including phenoxy) is 1. The lowest BCUT2D eigenvalue weighted by atomic mass is 9.95. The van der Waals surface area contributed by atoms with Gasteiger partial charge in [-0.1, -0.05) is 34.9 Å². The predicted molar refractivity (Wildman–Crippen MR) is 62.3 cm³/mol. The second-order valence-corrected chi connectivity index (χ2v) is 4.21. The first-order valence-corrected chi connectivity index (χ1v) is 5.48. The zero-order valence-electron chi connectivity index (χ0n) is 9.34. The summed E-state index contributed by atoms with van der Waals surface area (Å²) in [5.74, 6) is 0.444. The standard InChI is InChI=1S/C12H15N3O/c1-9-2-4-10(5-3-9)11-6-12(16-8-11)7-14-15-13/h2-5,11-12H,6-8H2,1H3/t11-,12-/m0/s1. The summed E-state index contributed by atoms with van der Waals surface area (Å²) in [6.07, 6.45) is 1.03. The van der Waals surface area contributed by atoms with E-state index in [1.165, 1.54) is 11.1 Å². The van der Waals surface area contributed by atoms with Crippen molar-refractivity contribution in [1.29, 1.82) is 0 Å². The van der Waals surface area contributed by atoms with Crippen molar-refractivity contribution in [2.75, 3.05) is 13.2 Å². The minimum absolute atomic E-state index is 0.0854. The van der Waals surface area contributed by atoms with Crippen molar-refractivity contribution >= 4 is 0 Å².